The number of rotatable bonds is 6. The predicted octanol–water partition coefficient (Wildman–Crippen LogP) is 2.54. The second-order valence-corrected chi connectivity index (χ2v) is 4.90. The lowest BCUT2D eigenvalue weighted by molar-refractivity contribution is -0.120. The first-order chi connectivity index (χ1) is 10.2. The second-order valence-electron chi connectivity index (χ2n) is 4.90. The minimum atomic E-state index is -0.300. The maximum absolute atomic E-state index is 13.4. The first kappa shape index (κ1) is 15.2. The monoisotopic (exact) mass is 286 g/mol. The van der Waals surface area contributed by atoms with E-state index in [2.05, 4.69) is 10.6 Å². The fourth-order valence-corrected chi connectivity index (χ4v) is 2.02. The van der Waals surface area contributed by atoms with Gasteiger partial charge in [-0.1, -0.05) is 42.5 Å². The number of aryl methyl sites for hydroxylation is 1. The molecule has 3 nitrogen and oxygen atoms in total. The average molecular weight is 286 g/mol. The molecule has 0 atom stereocenters. The Morgan fingerprint density at radius 2 is 1.67 bits per heavy atom. The number of carbonyl (C=O) groups is 1. The fourth-order valence-electron chi connectivity index (χ4n) is 2.02. The zero-order chi connectivity index (χ0) is 15.1. The van der Waals surface area contributed by atoms with Crippen LogP contribution in [0.4, 0.5) is 4.39 Å². The highest BCUT2D eigenvalue weighted by atomic mass is 19.1. The molecule has 2 aromatic carbocycles. The topological polar surface area (TPSA) is 41.1 Å². The molecular weight excluding hydrogens is 267 g/mol. The van der Waals surface area contributed by atoms with Crippen LogP contribution in [0.25, 0.3) is 0 Å². The van der Waals surface area contributed by atoms with Crippen LogP contribution in [0.5, 0.6) is 0 Å². The highest BCUT2D eigenvalue weighted by molar-refractivity contribution is 5.77. The van der Waals surface area contributed by atoms with Gasteiger partial charge in [-0.05, 0) is 24.1 Å². The summed E-state index contributed by atoms with van der Waals surface area (Å²) in [6, 6.07) is 14.5. The molecule has 2 N–H and O–H groups in total. The van der Waals surface area contributed by atoms with Gasteiger partial charge in [0, 0.05) is 18.7 Å². The Morgan fingerprint density at radius 3 is 2.38 bits per heavy atom. The third-order valence-electron chi connectivity index (χ3n) is 3.30. The number of amides is 1. The maximum atomic E-state index is 13.4. The molecule has 0 heterocycles. The van der Waals surface area contributed by atoms with Crippen molar-refractivity contribution in [3.05, 3.63) is 71.0 Å². The van der Waals surface area contributed by atoms with Crippen LogP contribution in [-0.2, 0) is 17.9 Å². The molecule has 0 aromatic heterocycles. The Morgan fingerprint density at radius 1 is 1.00 bits per heavy atom. The van der Waals surface area contributed by atoms with Crippen molar-refractivity contribution in [2.24, 2.45) is 0 Å². The SMILES string of the molecule is Cc1ccccc1CNCC(=O)NCc1ccccc1F. The standard InChI is InChI=1S/C17H19FN2O/c1-13-6-2-3-7-14(13)10-19-12-17(21)20-11-15-8-4-5-9-16(15)18/h2-9,19H,10-12H2,1H3,(H,20,21). The molecule has 0 bridgehead atoms. The summed E-state index contributed by atoms with van der Waals surface area (Å²) in [5.41, 5.74) is 2.85. The minimum Gasteiger partial charge on any atom is -0.351 e. The molecule has 2 rings (SSSR count). The molecule has 21 heavy (non-hydrogen) atoms. The quantitative estimate of drug-likeness (QED) is 0.857. The van der Waals surface area contributed by atoms with Gasteiger partial charge in [0.15, 0.2) is 0 Å². The van der Waals surface area contributed by atoms with E-state index < -0.39 is 0 Å². The molecule has 0 unspecified atom stereocenters. The van der Waals surface area contributed by atoms with Crippen molar-refractivity contribution < 1.29 is 9.18 Å². The smallest absolute Gasteiger partial charge is 0.234 e. The van der Waals surface area contributed by atoms with Gasteiger partial charge in [0.05, 0.1) is 6.54 Å². The second kappa shape index (κ2) is 7.55. The van der Waals surface area contributed by atoms with Crippen LogP contribution in [0.3, 0.4) is 0 Å². The summed E-state index contributed by atoms with van der Waals surface area (Å²) < 4.78 is 13.4. The molecule has 2 aromatic rings. The molecule has 110 valence electrons. The molecule has 0 radical (unpaired) electrons. The van der Waals surface area contributed by atoms with E-state index in [-0.39, 0.29) is 24.8 Å². The third kappa shape index (κ3) is 4.68. The van der Waals surface area contributed by atoms with Crippen LogP contribution >= 0.6 is 0 Å². The first-order valence-electron chi connectivity index (χ1n) is 6.92. The average Bonchev–Trinajstić information content (AvgIpc) is 2.48. The Kier molecular flexibility index (Phi) is 5.46. The van der Waals surface area contributed by atoms with Crippen molar-refractivity contribution in [2.45, 2.75) is 20.0 Å². The largest absolute Gasteiger partial charge is 0.351 e. The highest BCUT2D eigenvalue weighted by Gasteiger charge is 2.04. The summed E-state index contributed by atoms with van der Waals surface area (Å²) in [7, 11) is 0. The molecule has 0 saturated carbocycles. The first-order valence-corrected chi connectivity index (χ1v) is 6.92. The van der Waals surface area contributed by atoms with Crippen LogP contribution in [0, 0.1) is 12.7 Å². The van der Waals surface area contributed by atoms with Crippen LogP contribution in [-0.4, -0.2) is 12.5 Å². The van der Waals surface area contributed by atoms with Gasteiger partial charge in [0.1, 0.15) is 5.82 Å². The molecule has 0 spiro atoms. The summed E-state index contributed by atoms with van der Waals surface area (Å²) in [4.78, 5) is 11.7. The lowest BCUT2D eigenvalue weighted by Gasteiger charge is -2.09. The Balaban J connectivity index is 1.73. The molecule has 4 heteroatoms. The van der Waals surface area contributed by atoms with Gasteiger partial charge in [-0.15, -0.1) is 0 Å². The Hall–Kier alpha value is -2.20. The van der Waals surface area contributed by atoms with E-state index in [4.69, 9.17) is 0 Å². The molecule has 0 saturated heterocycles. The number of benzene rings is 2. The van der Waals surface area contributed by atoms with Gasteiger partial charge in [0.2, 0.25) is 5.91 Å². The predicted molar refractivity (Wildman–Crippen MR) is 81.1 cm³/mol. The van der Waals surface area contributed by atoms with Gasteiger partial charge in [0.25, 0.3) is 0 Å². The van der Waals surface area contributed by atoms with Crippen molar-refractivity contribution in [3.63, 3.8) is 0 Å². The van der Waals surface area contributed by atoms with E-state index in [9.17, 15) is 9.18 Å². The van der Waals surface area contributed by atoms with Gasteiger partial charge >= 0.3 is 0 Å². The number of halogens is 1. The van der Waals surface area contributed by atoms with Crippen molar-refractivity contribution >= 4 is 5.91 Å². The summed E-state index contributed by atoms with van der Waals surface area (Å²) in [5.74, 6) is -0.447. The van der Waals surface area contributed by atoms with E-state index in [0.717, 1.165) is 0 Å². The normalized spacial score (nSPS) is 10.4. The van der Waals surface area contributed by atoms with E-state index >= 15 is 0 Å². The zero-order valence-electron chi connectivity index (χ0n) is 12.0. The van der Waals surface area contributed by atoms with E-state index in [1.165, 1.54) is 17.2 Å². The molecule has 1 amide bonds. The maximum Gasteiger partial charge on any atom is 0.234 e. The molecule has 0 aliphatic heterocycles. The molecular formula is C17H19FN2O. The van der Waals surface area contributed by atoms with Crippen molar-refractivity contribution in [1.29, 1.82) is 0 Å². The van der Waals surface area contributed by atoms with Crippen molar-refractivity contribution in [1.82, 2.24) is 10.6 Å². The fraction of sp³-hybridized carbons (Fsp3) is 0.235. The Labute approximate surface area is 124 Å². The van der Waals surface area contributed by atoms with Crippen molar-refractivity contribution in [3.8, 4) is 0 Å². The third-order valence-corrected chi connectivity index (χ3v) is 3.30. The van der Waals surface area contributed by atoms with Crippen LogP contribution in [0.2, 0.25) is 0 Å². The lowest BCUT2D eigenvalue weighted by atomic mass is 10.1. The number of carbonyl (C=O) groups excluding carboxylic acids is 1. The zero-order valence-corrected chi connectivity index (χ0v) is 12.0. The Bertz CT molecular complexity index is 613. The van der Waals surface area contributed by atoms with Crippen LogP contribution in [0.1, 0.15) is 16.7 Å². The van der Waals surface area contributed by atoms with E-state index in [0.29, 0.717) is 12.1 Å². The van der Waals surface area contributed by atoms with Gasteiger partial charge < -0.3 is 10.6 Å². The summed E-state index contributed by atoms with van der Waals surface area (Å²) in [5, 5.41) is 5.79. The molecule has 0 aliphatic rings. The van der Waals surface area contributed by atoms with Crippen molar-refractivity contribution in [2.75, 3.05) is 6.54 Å². The van der Waals surface area contributed by atoms with E-state index in [1.807, 2.05) is 31.2 Å². The highest BCUT2D eigenvalue weighted by Crippen LogP contribution is 2.06. The lowest BCUT2D eigenvalue weighted by Crippen LogP contribution is -2.33. The number of nitrogens with one attached hydrogen (secondary N) is 2. The van der Waals surface area contributed by atoms with E-state index in [1.54, 1.807) is 18.2 Å². The summed E-state index contributed by atoms with van der Waals surface area (Å²) in [6.45, 7) is 3.09. The number of hydrogen-bond acceptors (Lipinski definition) is 2. The number of hydrogen-bond donors (Lipinski definition) is 2. The minimum absolute atomic E-state index is 0.146. The van der Waals surface area contributed by atoms with Gasteiger partial charge in [-0.2, -0.15) is 0 Å². The van der Waals surface area contributed by atoms with Crippen LogP contribution < -0.4 is 10.6 Å². The van der Waals surface area contributed by atoms with Crippen LogP contribution in [0.15, 0.2) is 48.5 Å². The molecule has 0 aliphatic carbocycles. The van der Waals surface area contributed by atoms with Gasteiger partial charge in [-0.3, -0.25) is 4.79 Å². The summed E-state index contributed by atoms with van der Waals surface area (Å²) in [6.07, 6.45) is 0. The molecule has 0 fully saturated rings. The summed E-state index contributed by atoms with van der Waals surface area (Å²) >= 11 is 0. The van der Waals surface area contributed by atoms with Gasteiger partial charge in [-0.25, -0.2) is 4.39 Å².